The fourth-order valence-corrected chi connectivity index (χ4v) is 4.59. The van der Waals surface area contributed by atoms with Crippen LogP contribution in [-0.4, -0.2) is 22.8 Å². The van der Waals surface area contributed by atoms with Crippen molar-refractivity contribution in [1.82, 2.24) is 9.88 Å². The Hall–Kier alpha value is -2.37. The second kappa shape index (κ2) is 8.97. The molecule has 0 fully saturated rings. The zero-order chi connectivity index (χ0) is 20.2. The molecule has 2 aromatic carbocycles. The van der Waals surface area contributed by atoms with Gasteiger partial charge >= 0.3 is 0 Å². The summed E-state index contributed by atoms with van der Waals surface area (Å²) in [4.78, 5) is 19.4. The Balaban J connectivity index is 1.36. The molecule has 1 amide bonds. The molecule has 4 nitrogen and oxygen atoms in total. The third-order valence-electron chi connectivity index (χ3n) is 5.31. The van der Waals surface area contributed by atoms with Crippen LogP contribution in [0.1, 0.15) is 40.7 Å². The van der Waals surface area contributed by atoms with Gasteiger partial charge in [-0.25, -0.2) is 4.98 Å². The molecule has 1 aliphatic rings. The van der Waals surface area contributed by atoms with Gasteiger partial charge < -0.3 is 9.64 Å². The molecule has 0 saturated heterocycles. The zero-order valence-corrected chi connectivity index (χ0v) is 17.9. The molecule has 0 N–H and O–H groups in total. The van der Waals surface area contributed by atoms with Crippen molar-refractivity contribution < 1.29 is 9.53 Å². The molecule has 3 aromatic rings. The highest BCUT2D eigenvalue weighted by molar-refractivity contribution is 7.09. The number of aromatic nitrogens is 1. The van der Waals surface area contributed by atoms with Crippen molar-refractivity contribution in [2.45, 2.75) is 38.3 Å². The quantitative estimate of drug-likeness (QED) is 0.526. The van der Waals surface area contributed by atoms with Crippen molar-refractivity contribution in [3.8, 4) is 5.75 Å². The molecule has 150 valence electrons. The summed E-state index contributed by atoms with van der Waals surface area (Å²) in [6, 6.07) is 15.9. The fraction of sp³-hybridized carbons (Fsp3) is 0.304. The fourth-order valence-electron chi connectivity index (χ4n) is 3.76. The van der Waals surface area contributed by atoms with Crippen LogP contribution in [0.25, 0.3) is 0 Å². The first kappa shape index (κ1) is 19.9. The van der Waals surface area contributed by atoms with Crippen LogP contribution in [-0.2, 0) is 24.2 Å². The van der Waals surface area contributed by atoms with E-state index in [0.717, 1.165) is 35.7 Å². The molecule has 6 heteroatoms. The number of likely N-dealkylation sites (N-methyl/N-ethyl adjacent to an activating group) is 1. The summed E-state index contributed by atoms with van der Waals surface area (Å²) in [7, 11) is 1.91. The number of carbonyl (C=O) groups excluding carboxylic acids is 1. The van der Waals surface area contributed by atoms with E-state index in [2.05, 4.69) is 29.2 Å². The Morgan fingerprint density at radius 2 is 2.03 bits per heavy atom. The molecule has 1 aliphatic carbocycles. The molecular formula is C23H23ClN2O2S. The number of thiazole rings is 1. The number of ether oxygens (including phenoxy) is 1. The summed E-state index contributed by atoms with van der Waals surface area (Å²) in [6.45, 7) is 0.381. The summed E-state index contributed by atoms with van der Waals surface area (Å²) in [5.41, 5.74) is 3.44. The SMILES string of the molecule is CN(C(=O)Cc1csc(COc2ccc(Cl)cc2)n1)[C@@H]1CCCc2ccccc21. The third-order valence-corrected chi connectivity index (χ3v) is 6.43. The molecule has 1 aromatic heterocycles. The van der Waals surface area contributed by atoms with Crippen LogP contribution >= 0.6 is 22.9 Å². The predicted octanol–water partition coefficient (Wildman–Crippen LogP) is 5.45. The van der Waals surface area contributed by atoms with E-state index in [1.807, 2.05) is 29.5 Å². The van der Waals surface area contributed by atoms with E-state index in [9.17, 15) is 4.79 Å². The van der Waals surface area contributed by atoms with Crippen LogP contribution in [0.3, 0.4) is 0 Å². The molecular weight excluding hydrogens is 404 g/mol. The van der Waals surface area contributed by atoms with Gasteiger partial charge in [-0.05, 0) is 54.7 Å². The van der Waals surface area contributed by atoms with Crippen LogP contribution in [0.15, 0.2) is 53.9 Å². The topological polar surface area (TPSA) is 42.4 Å². The van der Waals surface area contributed by atoms with Gasteiger partial charge in [0.2, 0.25) is 5.91 Å². The number of rotatable bonds is 6. The van der Waals surface area contributed by atoms with E-state index in [4.69, 9.17) is 16.3 Å². The first-order valence-electron chi connectivity index (χ1n) is 9.75. The summed E-state index contributed by atoms with van der Waals surface area (Å²) in [5.74, 6) is 0.847. The molecule has 0 unspecified atom stereocenters. The number of amides is 1. The van der Waals surface area contributed by atoms with Gasteiger partial charge in [0.05, 0.1) is 18.2 Å². The lowest BCUT2D eigenvalue weighted by Crippen LogP contribution is -2.34. The minimum absolute atomic E-state index is 0.0992. The van der Waals surface area contributed by atoms with Gasteiger partial charge in [0.15, 0.2) is 0 Å². The summed E-state index contributed by atoms with van der Waals surface area (Å²) in [6.07, 6.45) is 3.53. The first-order valence-corrected chi connectivity index (χ1v) is 11.0. The Morgan fingerprint density at radius 3 is 2.86 bits per heavy atom. The lowest BCUT2D eigenvalue weighted by atomic mass is 9.87. The molecule has 0 spiro atoms. The number of fused-ring (bicyclic) bond motifs is 1. The van der Waals surface area contributed by atoms with Crippen molar-refractivity contribution in [3.05, 3.63) is 80.8 Å². The lowest BCUT2D eigenvalue weighted by molar-refractivity contribution is -0.131. The van der Waals surface area contributed by atoms with Gasteiger partial charge in [-0.2, -0.15) is 0 Å². The van der Waals surface area contributed by atoms with Crippen molar-refractivity contribution in [2.75, 3.05) is 7.05 Å². The Kier molecular flexibility index (Phi) is 6.16. The zero-order valence-electron chi connectivity index (χ0n) is 16.3. The van der Waals surface area contributed by atoms with E-state index >= 15 is 0 Å². The highest BCUT2D eigenvalue weighted by Crippen LogP contribution is 2.33. The standard InChI is InChI=1S/C23H23ClN2O2S/c1-26(21-8-4-6-16-5-2-3-7-20(16)21)23(27)13-18-15-29-22(25-18)14-28-19-11-9-17(24)10-12-19/h2-3,5,7,9-12,15,21H,4,6,8,13-14H2,1H3/t21-/m1/s1. The molecule has 1 atom stereocenters. The summed E-state index contributed by atoms with van der Waals surface area (Å²) < 4.78 is 5.74. The van der Waals surface area contributed by atoms with Crippen molar-refractivity contribution >= 4 is 28.8 Å². The molecule has 0 aliphatic heterocycles. The maximum absolute atomic E-state index is 12.9. The van der Waals surface area contributed by atoms with Crippen LogP contribution in [0.4, 0.5) is 0 Å². The summed E-state index contributed by atoms with van der Waals surface area (Å²) >= 11 is 7.41. The number of nitrogens with zero attached hydrogens (tertiary/aromatic N) is 2. The van der Waals surface area contributed by atoms with Gasteiger partial charge in [-0.1, -0.05) is 35.9 Å². The smallest absolute Gasteiger partial charge is 0.228 e. The molecule has 0 radical (unpaired) electrons. The predicted molar refractivity (Wildman–Crippen MR) is 116 cm³/mol. The maximum Gasteiger partial charge on any atom is 0.228 e. The van der Waals surface area contributed by atoms with Gasteiger partial charge in [-0.15, -0.1) is 11.3 Å². The number of hydrogen-bond donors (Lipinski definition) is 0. The van der Waals surface area contributed by atoms with Gasteiger partial charge in [-0.3, -0.25) is 4.79 Å². The van der Waals surface area contributed by atoms with Crippen molar-refractivity contribution in [3.63, 3.8) is 0 Å². The number of halogens is 1. The van der Waals surface area contributed by atoms with E-state index in [1.54, 1.807) is 12.1 Å². The molecule has 0 bridgehead atoms. The molecule has 29 heavy (non-hydrogen) atoms. The van der Waals surface area contributed by atoms with Crippen LogP contribution in [0.2, 0.25) is 5.02 Å². The molecule has 4 rings (SSSR count). The highest BCUT2D eigenvalue weighted by atomic mass is 35.5. The largest absolute Gasteiger partial charge is 0.486 e. The normalized spacial score (nSPS) is 15.6. The van der Waals surface area contributed by atoms with E-state index in [-0.39, 0.29) is 11.9 Å². The Labute approximate surface area is 180 Å². The lowest BCUT2D eigenvalue weighted by Gasteiger charge is -2.33. The van der Waals surface area contributed by atoms with Crippen molar-refractivity contribution in [2.24, 2.45) is 0 Å². The van der Waals surface area contributed by atoms with Gasteiger partial charge in [0.25, 0.3) is 0 Å². The number of carbonyl (C=O) groups is 1. The minimum Gasteiger partial charge on any atom is -0.486 e. The second-order valence-corrected chi connectivity index (χ2v) is 8.64. The van der Waals surface area contributed by atoms with Gasteiger partial charge in [0.1, 0.15) is 17.4 Å². The monoisotopic (exact) mass is 426 g/mol. The van der Waals surface area contributed by atoms with Crippen LogP contribution in [0, 0.1) is 0 Å². The average molecular weight is 427 g/mol. The molecule has 0 saturated carbocycles. The average Bonchev–Trinajstić information content (AvgIpc) is 3.19. The highest BCUT2D eigenvalue weighted by Gasteiger charge is 2.26. The number of hydrogen-bond acceptors (Lipinski definition) is 4. The Bertz CT molecular complexity index is 987. The second-order valence-electron chi connectivity index (χ2n) is 7.26. The van der Waals surface area contributed by atoms with Crippen molar-refractivity contribution in [1.29, 1.82) is 0 Å². The Morgan fingerprint density at radius 1 is 1.24 bits per heavy atom. The van der Waals surface area contributed by atoms with E-state index in [1.165, 1.54) is 22.5 Å². The number of benzene rings is 2. The van der Waals surface area contributed by atoms with Crippen LogP contribution in [0.5, 0.6) is 5.75 Å². The van der Waals surface area contributed by atoms with E-state index in [0.29, 0.717) is 18.1 Å². The maximum atomic E-state index is 12.9. The first-order chi connectivity index (χ1) is 14.1. The minimum atomic E-state index is 0.0992. The third kappa shape index (κ3) is 4.80. The summed E-state index contributed by atoms with van der Waals surface area (Å²) in [5, 5.41) is 3.48. The number of aryl methyl sites for hydroxylation is 1. The van der Waals surface area contributed by atoms with Crippen LogP contribution < -0.4 is 4.74 Å². The molecule has 1 heterocycles. The van der Waals surface area contributed by atoms with Gasteiger partial charge in [0, 0.05) is 17.5 Å². The van der Waals surface area contributed by atoms with E-state index < -0.39 is 0 Å².